The van der Waals surface area contributed by atoms with Gasteiger partial charge in [-0.05, 0) is 12.1 Å². The highest BCUT2D eigenvalue weighted by Crippen LogP contribution is 2.38. The maximum absolute atomic E-state index is 10.2. The van der Waals surface area contributed by atoms with Crippen molar-refractivity contribution < 1.29 is 5.11 Å². The van der Waals surface area contributed by atoms with Gasteiger partial charge in [-0.15, -0.1) is 11.3 Å². The molecule has 6 heteroatoms. The zero-order valence-electron chi connectivity index (χ0n) is 11.1. The van der Waals surface area contributed by atoms with Crippen LogP contribution < -0.4 is 0 Å². The monoisotopic (exact) mass is 369 g/mol. The number of benzene rings is 2. The van der Waals surface area contributed by atoms with Crippen molar-refractivity contribution in [2.45, 2.75) is 3.79 Å². The molecule has 1 heterocycles. The van der Waals surface area contributed by atoms with E-state index in [1.807, 2.05) is 24.3 Å². The lowest BCUT2D eigenvalue weighted by Crippen LogP contribution is -1.99. The van der Waals surface area contributed by atoms with Crippen LogP contribution in [0, 0.1) is 0 Å². The highest BCUT2D eigenvalue weighted by molar-refractivity contribution is 7.19. The van der Waals surface area contributed by atoms with Gasteiger partial charge in [-0.25, -0.2) is 4.98 Å². The molecule has 0 atom stereocenters. The fourth-order valence-electron chi connectivity index (χ4n) is 1.98. The Labute approximate surface area is 146 Å². The summed E-state index contributed by atoms with van der Waals surface area (Å²) in [6.45, 7) is 0. The van der Waals surface area contributed by atoms with Gasteiger partial charge in [0.15, 0.2) is 0 Å². The molecule has 3 aromatic rings. The summed E-state index contributed by atoms with van der Waals surface area (Å²) >= 11 is 18.9. The van der Waals surface area contributed by atoms with Crippen LogP contribution in [0.2, 0.25) is 0 Å². The number of hydrogen-bond acceptors (Lipinski definition) is 3. The molecule has 0 aliphatic carbocycles. The van der Waals surface area contributed by atoms with Crippen molar-refractivity contribution in [3.05, 3.63) is 64.7 Å². The molecular weight excluding hydrogens is 361 g/mol. The largest absolute Gasteiger partial charge is 0.507 e. The Morgan fingerprint density at radius 2 is 1.73 bits per heavy atom. The molecular formula is C16H10Cl3NOS. The van der Waals surface area contributed by atoms with Crippen LogP contribution in [0.3, 0.4) is 0 Å². The highest BCUT2D eigenvalue weighted by atomic mass is 35.6. The molecule has 1 aromatic heterocycles. The average molecular weight is 371 g/mol. The van der Waals surface area contributed by atoms with E-state index in [1.165, 1.54) is 11.3 Å². The third-order valence-corrected chi connectivity index (χ3v) is 4.72. The number of para-hydroxylation sites is 1. The molecule has 0 amide bonds. The van der Waals surface area contributed by atoms with Crippen molar-refractivity contribution in [3.63, 3.8) is 0 Å². The van der Waals surface area contributed by atoms with E-state index in [-0.39, 0.29) is 5.76 Å². The van der Waals surface area contributed by atoms with Crippen LogP contribution in [0.4, 0.5) is 0 Å². The second-order valence-electron chi connectivity index (χ2n) is 4.62. The lowest BCUT2D eigenvalue weighted by atomic mass is 10.1. The molecule has 1 N–H and O–H groups in total. The van der Waals surface area contributed by atoms with Crippen LogP contribution in [-0.2, 0) is 3.79 Å². The van der Waals surface area contributed by atoms with Crippen molar-refractivity contribution in [2.75, 3.05) is 0 Å². The molecule has 0 spiro atoms. The first-order valence-corrected chi connectivity index (χ1v) is 8.32. The Morgan fingerprint density at radius 3 is 2.36 bits per heavy atom. The van der Waals surface area contributed by atoms with E-state index in [4.69, 9.17) is 34.8 Å². The summed E-state index contributed by atoms with van der Waals surface area (Å²) in [5, 5.41) is 11.0. The van der Waals surface area contributed by atoms with E-state index in [0.29, 0.717) is 11.1 Å². The van der Waals surface area contributed by atoms with Crippen molar-refractivity contribution >= 4 is 68.2 Å². The number of thiazole rings is 1. The first-order chi connectivity index (χ1) is 10.4. The van der Waals surface area contributed by atoms with Gasteiger partial charge in [0.2, 0.25) is 3.79 Å². The number of halogens is 3. The molecule has 112 valence electrons. The Morgan fingerprint density at radius 1 is 1.05 bits per heavy atom. The number of aliphatic hydroxyl groups is 1. The Kier molecular flexibility index (Phi) is 4.33. The van der Waals surface area contributed by atoms with Crippen LogP contribution in [0.15, 0.2) is 48.5 Å². The van der Waals surface area contributed by atoms with E-state index in [9.17, 15) is 5.11 Å². The zero-order chi connectivity index (χ0) is 15.7. The fraction of sp³-hybridized carbons (Fsp3) is 0.0625. The van der Waals surface area contributed by atoms with Crippen LogP contribution >= 0.6 is 46.1 Å². The highest BCUT2D eigenvalue weighted by Gasteiger charge is 2.22. The standard InChI is InChI=1S/C16H10Cl3NOS/c17-16(18,19)11-7-5-10(6-8-11)13(21)9-15-20-12-3-1-2-4-14(12)22-15/h1-9,21H. The summed E-state index contributed by atoms with van der Waals surface area (Å²) in [6, 6.07) is 14.6. The number of nitrogens with zero attached hydrogens (tertiary/aromatic N) is 1. The van der Waals surface area contributed by atoms with Gasteiger partial charge < -0.3 is 5.11 Å². The van der Waals surface area contributed by atoms with Crippen molar-refractivity contribution in [3.8, 4) is 0 Å². The first kappa shape index (κ1) is 15.6. The van der Waals surface area contributed by atoms with E-state index >= 15 is 0 Å². The van der Waals surface area contributed by atoms with Gasteiger partial charge in [0.25, 0.3) is 0 Å². The molecule has 0 saturated heterocycles. The zero-order valence-corrected chi connectivity index (χ0v) is 14.2. The summed E-state index contributed by atoms with van der Waals surface area (Å²) in [6.07, 6.45) is 1.63. The molecule has 0 saturated carbocycles. The van der Waals surface area contributed by atoms with Crippen LogP contribution in [0.5, 0.6) is 0 Å². The van der Waals surface area contributed by atoms with Gasteiger partial charge in [-0.3, -0.25) is 0 Å². The molecule has 2 aromatic carbocycles. The normalized spacial score (nSPS) is 12.8. The third-order valence-electron chi connectivity index (χ3n) is 3.08. The topological polar surface area (TPSA) is 33.1 Å². The minimum atomic E-state index is -1.47. The maximum atomic E-state index is 10.2. The van der Waals surface area contributed by atoms with Gasteiger partial charge >= 0.3 is 0 Å². The second-order valence-corrected chi connectivity index (χ2v) is 7.97. The predicted molar refractivity (Wildman–Crippen MR) is 95.8 cm³/mol. The Bertz CT molecular complexity index is 801. The summed E-state index contributed by atoms with van der Waals surface area (Å²) in [5.41, 5.74) is 2.10. The second kappa shape index (κ2) is 6.09. The van der Waals surface area contributed by atoms with Crippen LogP contribution in [0.1, 0.15) is 16.1 Å². The van der Waals surface area contributed by atoms with Crippen molar-refractivity contribution in [2.24, 2.45) is 0 Å². The Hall–Kier alpha value is -1.26. The summed E-state index contributed by atoms with van der Waals surface area (Å²) < 4.78 is -0.390. The minimum Gasteiger partial charge on any atom is -0.507 e. The molecule has 0 unspecified atom stereocenters. The number of hydrogen-bond donors (Lipinski definition) is 1. The van der Waals surface area contributed by atoms with Crippen molar-refractivity contribution in [1.82, 2.24) is 4.98 Å². The van der Waals surface area contributed by atoms with Gasteiger partial charge in [0, 0.05) is 17.2 Å². The van der Waals surface area contributed by atoms with E-state index in [2.05, 4.69) is 4.98 Å². The molecule has 0 fully saturated rings. The maximum Gasteiger partial charge on any atom is 0.216 e. The number of fused-ring (bicyclic) bond motifs is 1. The van der Waals surface area contributed by atoms with Crippen molar-refractivity contribution in [1.29, 1.82) is 0 Å². The van der Waals surface area contributed by atoms with E-state index < -0.39 is 3.79 Å². The van der Waals surface area contributed by atoms with Crippen LogP contribution in [-0.4, -0.2) is 10.1 Å². The number of aromatic nitrogens is 1. The molecule has 0 aliphatic rings. The van der Waals surface area contributed by atoms with Gasteiger partial charge in [-0.2, -0.15) is 0 Å². The number of aliphatic hydroxyl groups excluding tert-OH is 1. The van der Waals surface area contributed by atoms with Gasteiger partial charge in [-0.1, -0.05) is 71.2 Å². The van der Waals surface area contributed by atoms with Gasteiger partial charge in [0.05, 0.1) is 10.2 Å². The molecule has 0 bridgehead atoms. The van der Waals surface area contributed by atoms with E-state index in [0.717, 1.165) is 15.2 Å². The predicted octanol–water partition coefficient (Wildman–Crippen LogP) is 6.18. The Balaban J connectivity index is 1.90. The number of alkyl halides is 3. The summed E-state index contributed by atoms with van der Waals surface area (Å²) in [4.78, 5) is 4.45. The molecule has 0 radical (unpaired) electrons. The molecule has 22 heavy (non-hydrogen) atoms. The lowest BCUT2D eigenvalue weighted by Gasteiger charge is -2.11. The third kappa shape index (κ3) is 3.39. The van der Waals surface area contributed by atoms with Crippen LogP contribution in [0.25, 0.3) is 22.1 Å². The smallest absolute Gasteiger partial charge is 0.216 e. The summed E-state index contributed by atoms with van der Waals surface area (Å²) in [5.74, 6) is 0.120. The molecule has 2 nitrogen and oxygen atoms in total. The minimum absolute atomic E-state index is 0.120. The number of rotatable bonds is 2. The first-order valence-electron chi connectivity index (χ1n) is 6.37. The molecule has 3 rings (SSSR count). The molecule has 0 aliphatic heterocycles. The van der Waals surface area contributed by atoms with Gasteiger partial charge in [0.1, 0.15) is 10.8 Å². The average Bonchev–Trinajstić information content (AvgIpc) is 2.88. The lowest BCUT2D eigenvalue weighted by molar-refractivity contribution is 0.515. The summed E-state index contributed by atoms with van der Waals surface area (Å²) in [7, 11) is 0. The van der Waals surface area contributed by atoms with E-state index in [1.54, 1.807) is 30.3 Å². The fourth-order valence-corrected chi connectivity index (χ4v) is 3.26. The SMILES string of the molecule is OC(=Cc1nc2ccccc2s1)c1ccc(C(Cl)(Cl)Cl)cc1. The quantitative estimate of drug-likeness (QED) is 0.431.